The molecule has 8 nitrogen and oxygen atoms in total. The molecule has 2 fully saturated rings. The molecule has 1 amide bonds. The Bertz CT molecular complexity index is 1110. The number of aromatic nitrogens is 2. The number of anilines is 1. The largest absolute Gasteiger partial charge is 0.385 e. The summed E-state index contributed by atoms with van der Waals surface area (Å²) in [4.78, 5) is 35.3. The summed E-state index contributed by atoms with van der Waals surface area (Å²) in [5, 5.41) is 0. The lowest BCUT2D eigenvalue weighted by atomic mass is 10.2. The molecule has 0 saturated carbocycles. The number of thiocarbonyl (C=S) groups is 1. The number of methoxy groups -OCH3 is 1. The molecule has 0 N–H and O–H groups in total. The summed E-state index contributed by atoms with van der Waals surface area (Å²) in [7, 11) is 1.62. The highest BCUT2D eigenvalue weighted by Crippen LogP contribution is 2.33. The van der Waals surface area contributed by atoms with E-state index in [0.29, 0.717) is 72.1 Å². The van der Waals surface area contributed by atoms with Crippen LogP contribution >= 0.6 is 24.0 Å². The summed E-state index contributed by atoms with van der Waals surface area (Å²) in [5.74, 6) is 0.389. The van der Waals surface area contributed by atoms with E-state index in [2.05, 4.69) is 0 Å². The highest BCUT2D eigenvalue weighted by Gasteiger charge is 2.32. The normalized spacial score (nSPS) is 18.6. The van der Waals surface area contributed by atoms with Crippen molar-refractivity contribution in [2.24, 2.45) is 0 Å². The van der Waals surface area contributed by atoms with E-state index in [1.807, 2.05) is 24.0 Å². The average molecular weight is 461 g/mol. The molecule has 4 rings (SSSR count). The second-order valence-electron chi connectivity index (χ2n) is 7.32. The molecule has 0 bridgehead atoms. The van der Waals surface area contributed by atoms with Crippen molar-refractivity contribution in [3.63, 3.8) is 0 Å². The molecule has 0 aromatic carbocycles. The molecule has 2 aliphatic rings. The second-order valence-corrected chi connectivity index (χ2v) is 8.99. The Morgan fingerprint density at radius 2 is 2.10 bits per heavy atom. The molecule has 0 radical (unpaired) electrons. The van der Waals surface area contributed by atoms with Gasteiger partial charge in [-0.1, -0.05) is 30.0 Å². The van der Waals surface area contributed by atoms with Crippen molar-refractivity contribution in [2.75, 3.05) is 51.5 Å². The lowest BCUT2D eigenvalue weighted by Crippen LogP contribution is -2.38. The highest BCUT2D eigenvalue weighted by molar-refractivity contribution is 8.26. The van der Waals surface area contributed by atoms with E-state index in [1.54, 1.807) is 24.3 Å². The van der Waals surface area contributed by atoms with Gasteiger partial charge in [-0.25, -0.2) is 4.98 Å². The number of rotatable bonds is 6. The molecule has 10 heteroatoms. The van der Waals surface area contributed by atoms with Gasteiger partial charge in [0.1, 0.15) is 15.8 Å². The molecule has 2 aromatic rings. The van der Waals surface area contributed by atoms with Gasteiger partial charge < -0.3 is 14.4 Å². The van der Waals surface area contributed by atoms with Crippen LogP contribution in [0.2, 0.25) is 0 Å². The van der Waals surface area contributed by atoms with Gasteiger partial charge in [0, 0.05) is 39.5 Å². The Morgan fingerprint density at radius 3 is 2.84 bits per heavy atom. The first-order valence-corrected chi connectivity index (χ1v) is 11.3. The van der Waals surface area contributed by atoms with E-state index in [0.717, 1.165) is 5.56 Å². The van der Waals surface area contributed by atoms with Crippen LogP contribution in [0, 0.1) is 6.92 Å². The maximum Gasteiger partial charge on any atom is 0.267 e. The zero-order valence-corrected chi connectivity index (χ0v) is 19.1. The Balaban J connectivity index is 1.79. The first-order valence-electron chi connectivity index (χ1n) is 10.1. The van der Waals surface area contributed by atoms with E-state index in [9.17, 15) is 9.59 Å². The molecule has 0 atom stereocenters. The zero-order valence-electron chi connectivity index (χ0n) is 17.5. The minimum Gasteiger partial charge on any atom is -0.385 e. The fourth-order valence-electron chi connectivity index (χ4n) is 3.63. The number of aryl methyl sites for hydroxylation is 1. The van der Waals surface area contributed by atoms with E-state index >= 15 is 0 Å². The van der Waals surface area contributed by atoms with Crippen LogP contribution in [0.5, 0.6) is 0 Å². The van der Waals surface area contributed by atoms with Crippen molar-refractivity contribution in [3.05, 3.63) is 44.7 Å². The van der Waals surface area contributed by atoms with Crippen LogP contribution in [0.15, 0.2) is 28.0 Å². The predicted octanol–water partition coefficient (Wildman–Crippen LogP) is 2.08. The van der Waals surface area contributed by atoms with Gasteiger partial charge in [0.05, 0.1) is 23.7 Å². The monoisotopic (exact) mass is 460 g/mol. The maximum absolute atomic E-state index is 13.4. The minimum atomic E-state index is -0.208. The number of carbonyl (C=O) groups excluding carboxylic acids is 1. The van der Waals surface area contributed by atoms with Crippen molar-refractivity contribution in [3.8, 4) is 0 Å². The fourth-order valence-corrected chi connectivity index (χ4v) is 4.92. The second kappa shape index (κ2) is 9.47. The van der Waals surface area contributed by atoms with Crippen molar-refractivity contribution < 1.29 is 14.3 Å². The Hall–Kier alpha value is -2.27. The van der Waals surface area contributed by atoms with Crippen LogP contribution in [-0.4, -0.2) is 71.1 Å². The third-order valence-corrected chi connectivity index (χ3v) is 6.63. The molecular formula is C21H24N4O4S2. The number of fused-ring (bicyclic) bond motifs is 1. The van der Waals surface area contributed by atoms with Crippen molar-refractivity contribution in [2.45, 2.75) is 13.3 Å². The van der Waals surface area contributed by atoms with Crippen LogP contribution in [0.25, 0.3) is 11.7 Å². The third-order valence-electron chi connectivity index (χ3n) is 5.25. The van der Waals surface area contributed by atoms with E-state index in [-0.39, 0.29) is 11.5 Å². The summed E-state index contributed by atoms with van der Waals surface area (Å²) in [5.41, 5.74) is 1.70. The minimum absolute atomic E-state index is 0.187. The summed E-state index contributed by atoms with van der Waals surface area (Å²) < 4.78 is 12.6. The van der Waals surface area contributed by atoms with Gasteiger partial charge in [0.2, 0.25) is 0 Å². The summed E-state index contributed by atoms with van der Waals surface area (Å²) in [6.45, 7) is 5.36. The predicted molar refractivity (Wildman–Crippen MR) is 126 cm³/mol. The number of ether oxygens (including phenoxy) is 2. The van der Waals surface area contributed by atoms with Crippen LogP contribution in [0.1, 0.15) is 17.5 Å². The summed E-state index contributed by atoms with van der Waals surface area (Å²) >= 11 is 6.62. The molecule has 2 aliphatic heterocycles. The van der Waals surface area contributed by atoms with E-state index in [1.165, 1.54) is 16.2 Å². The van der Waals surface area contributed by atoms with Gasteiger partial charge in [-0.2, -0.15) is 0 Å². The number of morpholine rings is 1. The Kier molecular flexibility index (Phi) is 6.71. The van der Waals surface area contributed by atoms with Crippen LogP contribution < -0.4 is 10.5 Å². The maximum atomic E-state index is 13.4. The fraction of sp³-hybridized carbons (Fsp3) is 0.429. The van der Waals surface area contributed by atoms with Gasteiger partial charge >= 0.3 is 0 Å². The lowest BCUT2D eigenvalue weighted by Gasteiger charge is -2.29. The Labute approximate surface area is 189 Å². The smallest absolute Gasteiger partial charge is 0.267 e. The first-order chi connectivity index (χ1) is 15.0. The molecule has 2 aromatic heterocycles. The highest BCUT2D eigenvalue weighted by atomic mass is 32.2. The number of carbonyl (C=O) groups is 1. The lowest BCUT2D eigenvalue weighted by molar-refractivity contribution is -0.122. The summed E-state index contributed by atoms with van der Waals surface area (Å²) in [6.07, 6.45) is 4.04. The Morgan fingerprint density at radius 1 is 1.32 bits per heavy atom. The number of nitrogens with zero attached hydrogens (tertiary/aromatic N) is 4. The number of pyridine rings is 1. The van der Waals surface area contributed by atoms with E-state index in [4.69, 9.17) is 26.7 Å². The number of amides is 1. The molecule has 164 valence electrons. The van der Waals surface area contributed by atoms with Crippen LogP contribution in [0.4, 0.5) is 5.82 Å². The van der Waals surface area contributed by atoms with Gasteiger partial charge in [-0.05, 0) is 31.1 Å². The van der Waals surface area contributed by atoms with Crippen molar-refractivity contribution in [1.29, 1.82) is 0 Å². The third kappa shape index (κ3) is 4.38. The standard InChI is InChI=1S/C21H24N4O4S2/c1-14-5-3-6-24-17(14)22-18(23-8-11-29-12-9-23)15(19(24)26)13-16-20(27)25(21(30)31-16)7-4-10-28-2/h3,5-6,13H,4,7-12H2,1-2H3/b16-13-. The number of hydrogen-bond donors (Lipinski definition) is 0. The molecular weight excluding hydrogens is 436 g/mol. The molecule has 31 heavy (non-hydrogen) atoms. The first kappa shape index (κ1) is 21.9. The summed E-state index contributed by atoms with van der Waals surface area (Å²) in [6, 6.07) is 3.74. The quantitative estimate of drug-likeness (QED) is 0.369. The van der Waals surface area contributed by atoms with Gasteiger partial charge in [0.25, 0.3) is 11.5 Å². The van der Waals surface area contributed by atoms with Crippen molar-refractivity contribution >= 4 is 51.7 Å². The van der Waals surface area contributed by atoms with Crippen molar-refractivity contribution in [1.82, 2.24) is 14.3 Å². The molecule has 0 unspecified atom stereocenters. The zero-order chi connectivity index (χ0) is 22.0. The van der Waals surface area contributed by atoms with Gasteiger partial charge in [-0.15, -0.1) is 0 Å². The average Bonchev–Trinajstić information content (AvgIpc) is 3.04. The van der Waals surface area contributed by atoms with Crippen LogP contribution in [-0.2, 0) is 14.3 Å². The van der Waals surface area contributed by atoms with Crippen LogP contribution in [0.3, 0.4) is 0 Å². The molecule has 0 aliphatic carbocycles. The molecule has 4 heterocycles. The number of hydrogen-bond acceptors (Lipinski definition) is 8. The van der Waals surface area contributed by atoms with E-state index < -0.39 is 0 Å². The topological polar surface area (TPSA) is 76.4 Å². The SMILES string of the molecule is COCCCN1C(=O)/C(=C/c2c(N3CCOCC3)nc3c(C)cccn3c2=O)SC1=S. The molecule has 0 spiro atoms. The molecule has 2 saturated heterocycles. The van der Waals surface area contributed by atoms with Gasteiger partial charge in [0.15, 0.2) is 0 Å². The number of thioether (sulfide) groups is 1. The van der Waals surface area contributed by atoms with Gasteiger partial charge in [-0.3, -0.25) is 18.9 Å².